The summed E-state index contributed by atoms with van der Waals surface area (Å²) >= 11 is 1.62. The van der Waals surface area contributed by atoms with Crippen LogP contribution in [-0.2, 0) is 9.84 Å². The molecule has 2 heterocycles. The maximum atomic E-state index is 12.2. The van der Waals surface area contributed by atoms with Gasteiger partial charge in [-0.25, -0.2) is 13.4 Å². The van der Waals surface area contributed by atoms with Crippen LogP contribution in [0.15, 0.2) is 64.1 Å². The van der Waals surface area contributed by atoms with Crippen LogP contribution in [0.4, 0.5) is 5.69 Å². The lowest BCUT2D eigenvalue weighted by Gasteiger charge is -2.04. The van der Waals surface area contributed by atoms with E-state index >= 15 is 0 Å². The fourth-order valence-electron chi connectivity index (χ4n) is 2.69. The summed E-state index contributed by atoms with van der Waals surface area (Å²) in [5.41, 5.74) is 3.68. The van der Waals surface area contributed by atoms with Crippen molar-refractivity contribution in [3.8, 4) is 10.6 Å². The van der Waals surface area contributed by atoms with E-state index in [1.165, 1.54) is 17.7 Å². The number of anilines is 1. The van der Waals surface area contributed by atoms with Crippen LogP contribution >= 0.6 is 11.3 Å². The molecule has 28 heavy (non-hydrogen) atoms. The number of thiazole rings is 1. The van der Waals surface area contributed by atoms with Crippen molar-refractivity contribution in [3.63, 3.8) is 0 Å². The van der Waals surface area contributed by atoms with Crippen molar-refractivity contribution in [2.45, 2.75) is 12.0 Å². The number of hydrogen-bond donors (Lipinski definition) is 1. The molecule has 1 amide bonds. The Bertz CT molecular complexity index is 1290. The standard InChI is InChI=1S/C20H16N2O4S2/c1-12-3-8-15-17(11-12)27-20(22-15)13-4-6-14(7-5-13)21-19(23)16-9-10-18(26-16)28(2,24)25/h3-11H,1-2H3,(H,21,23). The van der Waals surface area contributed by atoms with Gasteiger partial charge in [0.25, 0.3) is 5.91 Å². The van der Waals surface area contributed by atoms with Crippen molar-refractivity contribution in [1.82, 2.24) is 4.98 Å². The first-order chi connectivity index (χ1) is 13.3. The summed E-state index contributed by atoms with van der Waals surface area (Å²) in [7, 11) is -3.49. The number of nitrogens with one attached hydrogen (secondary N) is 1. The molecule has 8 heteroatoms. The average molecular weight is 412 g/mol. The van der Waals surface area contributed by atoms with Gasteiger partial charge in [-0.05, 0) is 61.0 Å². The van der Waals surface area contributed by atoms with Crippen molar-refractivity contribution in [3.05, 3.63) is 65.9 Å². The van der Waals surface area contributed by atoms with Crippen LogP contribution in [0.1, 0.15) is 16.1 Å². The molecule has 0 fully saturated rings. The van der Waals surface area contributed by atoms with Crippen molar-refractivity contribution in [2.24, 2.45) is 0 Å². The molecular weight excluding hydrogens is 396 g/mol. The minimum atomic E-state index is -3.49. The second-order valence-corrected chi connectivity index (χ2v) is 9.39. The highest BCUT2D eigenvalue weighted by molar-refractivity contribution is 7.90. The third-order valence-electron chi connectivity index (χ3n) is 4.10. The molecule has 0 atom stereocenters. The van der Waals surface area contributed by atoms with Crippen LogP contribution in [0.2, 0.25) is 0 Å². The molecule has 0 radical (unpaired) electrons. The smallest absolute Gasteiger partial charge is 0.291 e. The Balaban J connectivity index is 1.52. The van der Waals surface area contributed by atoms with E-state index in [0.29, 0.717) is 5.69 Å². The van der Waals surface area contributed by atoms with Gasteiger partial charge in [0.2, 0.25) is 14.9 Å². The molecule has 0 aliphatic carbocycles. The molecule has 0 saturated heterocycles. The molecule has 4 rings (SSSR count). The van der Waals surface area contributed by atoms with Gasteiger partial charge in [-0.2, -0.15) is 0 Å². The number of sulfone groups is 1. The molecule has 0 aliphatic rings. The molecular formula is C20H16N2O4S2. The van der Waals surface area contributed by atoms with Crippen LogP contribution < -0.4 is 5.32 Å². The highest BCUT2D eigenvalue weighted by Gasteiger charge is 2.17. The molecule has 4 aromatic rings. The molecule has 0 bridgehead atoms. The zero-order valence-corrected chi connectivity index (χ0v) is 16.7. The highest BCUT2D eigenvalue weighted by Crippen LogP contribution is 2.31. The van der Waals surface area contributed by atoms with Gasteiger partial charge in [0.15, 0.2) is 5.76 Å². The number of amides is 1. The van der Waals surface area contributed by atoms with Gasteiger partial charge in [-0.3, -0.25) is 4.79 Å². The lowest BCUT2D eigenvalue weighted by molar-refractivity contribution is 0.0991. The SMILES string of the molecule is Cc1ccc2nc(-c3ccc(NC(=O)c4ccc(S(C)(=O)=O)o4)cc3)sc2c1. The molecule has 1 N–H and O–H groups in total. The third-order valence-corrected chi connectivity index (χ3v) is 6.12. The van der Waals surface area contributed by atoms with Gasteiger partial charge in [-0.1, -0.05) is 6.07 Å². The van der Waals surface area contributed by atoms with Crippen molar-refractivity contribution in [2.75, 3.05) is 11.6 Å². The summed E-state index contributed by atoms with van der Waals surface area (Å²) in [6.45, 7) is 2.05. The van der Waals surface area contributed by atoms with E-state index in [-0.39, 0.29) is 10.9 Å². The summed E-state index contributed by atoms with van der Waals surface area (Å²) < 4.78 is 29.1. The first-order valence-corrected chi connectivity index (χ1v) is 11.1. The number of rotatable bonds is 4. The van der Waals surface area contributed by atoms with Crippen LogP contribution in [0.25, 0.3) is 20.8 Å². The van der Waals surface area contributed by atoms with Gasteiger partial charge in [0.1, 0.15) is 5.01 Å². The molecule has 0 unspecified atom stereocenters. The number of aromatic nitrogens is 1. The Morgan fingerprint density at radius 2 is 1.82 bits per heavy atom. The van der Waals surface area contributed by atoms with Crippen LogP contribution in [0, 0.1) is 6.92 Å². The first-order valence-electron chi connectivity index (χ1n) is 8.38. The number of carbonyl (C=O) groups is 1. The monoisotopic (exact) mass is 412 g/mol. The predicted octanol–water partition coefficient (Wildman–Crippen LogP) is 4.52. The Morgan fingerprint density at radius 3 is 2.50 bits per heavy atom. The van der Waals surface area contributed by atoms with Crippen molar-refractivity contribution < 1.29 is 17.6 Å². The average Bonchev–Trinajstić information content (AvgIpc) is 3.29. The zero-order chi connectivity index (χ0) is 19.9. The maximum Gasteiger partial charge on any atom is 0.291 e. The second kappa shape index (κ2) is 6.88. The molecule has 0 aliphatic heterocycles. The fraction of sp³-hybridized carbons (Fsp3) is 0.100. The summed E-state index contributed by atoms with van der Waals surface area (Å²) in [6, 6.07) is 16.1. The number of hydrogen-bond acceptors (Lipinski definition) is 6. The highest BCUT2D eigenvalue weighted by atomic mass is 32.2. The minimum Gasteiger partial charge on any atom is -0.440 e. The predicted molar refractivity (Wildman–Crippen MR) is 110 cm³/mol. The van der Waals surface area contributed by atoms with Gasteiger partial charge in [0, 0.05) is 17.5 Å². The van der Waals surface area contributed by atoms with Crippen molar-refractivity contribution >= 4 is 43.0 Å². The zero-order valence-electron chi connectivity index (χ0n) is 15.1. The van der Waals surface area contributed by atoms with Gasteiger partial charge in [0.05, 0.1) is 10.2 Å². The molecule has 6 nitrogen and oxygen atoms in total. The first kappa shape index (κ1) is 18.4. The molecule has 2 aromatic heterocycles. The number of fused-ring (bicyclic) bond motifs is 1. The summed E-state index contributed by atoms with van der Waals surface area (Å²) in [4.78, 5) is 16.9. The number of furan rings is 1. The lowest BCUT2D eigenvalue weighted by atomic mass is 10.2. The quantitative estimate of drug-likeness (QED) is 0.532. The van der Waals surface area contributed by atoms with E-state index in [9.17, 15) is 13.2 Å². The van der Waals surface area contributed by atoms with Crippen LogP contribution in [-0.4, -0.2) is 25.6 Å². The molecule has 0 saturated carbocycles. The number of carbonyl (C=O) groups excluding carboxylic acids is 1. The van der Waals surface area contributed by atoms with E-state index in [4.69, 9.17) is 4.42 Å². The number of nitrogens with zero attached hydrogens (tertiary/aromatic N) is 1. The van der Waals surface area contributed by atoms with Crippen LogP contribution in [0.5, 0.6) is 0 Å². The fourth-order valence-corrected chi connectivity index (χ4v) is 4.31. The third kappa shape index (κ3) is 3.69. The minimum absolute atomic E-state index is 0.0638. The van der Waals surface area contributed by atoms with Crippen LogP contribution in [0.3, 0.4) is 0 Å². The Kier molecular flexibility index (Phi) is 4.52. The summed E-state index contributed by atoms with van der Waals surface area (Å²) in [5, 5.41) is 3.36. The second-order valence-electron chi connectivity index (χ2n) is 6.41. The Labute approximate surface area is 165 Å². The van der Waals surface area contributed by atoms with Gasteiger partial charge in [-0.15, -0.1) is 11.3 Å². The van der Waals surface area contributed by atoms with E-state index < -0.39 is 15.7 Å². The van der Waals surface area contributed by atoms with E-state index in [0.717, 1.165) is 27.0 Å². The maximum absolute atomic E-state index is 12.2. The number of benzene rings is 2. The molecule has 142 valence electrons. The lowest BCUT2D eigenvalue weighted by Crippen LogP contribution is -2.10. The van der Waals surface area contributed by atoms with Gasteiger partial charge >= 0.3 is 0 Å². The topological polar surface area (TPSA) is 89.3 Å². The van der Waals surface area contributed by atoms with Crippen molar-refractivity contribution in [1.29, 1.82) is 0 Å². The largest absolute Gasteiger partial charge is 0.440 e. The van der Waals surface area contributed by atoms with E-state index in [2.05, 4.69) is 16.4 Å². The Hall–Kier alpha value is -2.97. The normalized spacial score (nSPS) is 11.6. The van der Waals surface area contributed by atoms with E-state index in [1.807, 2.05) is 31.2 Å². The molecule has 0 spiro atoms. The van der Waals surface area contributed by atoms with Gasteiger partial charge < -0.3 is 9.73 Å². The summed E-state index contributed by atoms with van der Waals surface area (Å²) in [5.74, 6) is -0.579. The van der Waals surface area contributed by atoms with E-state index in [1.54, 1.807) is 23.5 Å². The summed E-state index contributed by atoms with van der Waals surface area (Å²) in [6.07, 6.45) is 1.02. The molecule has 2 aromatic carbocycles. The Morgan fingerprint density at radius 1 is 1.07 bits per heavy atom. The number of aryl methyl sites for hydroxylation is 1.